The summed E-state index contributed by atoms with van der Waals surface area (Å²) in [5.41, 5.74) is 1.38. The molecule has 0 saturated carbocycles. The van der Waals surface area contributed by atoms with Crippen molar-refractivity contribution in [3.05, 3.63) is 43.5 Å². The molecule has 0 aliphatic carbocycles. The molecular formula is C20H6F6I2O4. The third kappa shape index (κ3) is 3.70. The number of hydrogen-bond donors (Lipinski definition) is 0. The quantitative estimate of drug-likeness (QED) is 0.139. The van der Waals surface area contributed by atoms with E-state index in [0.29, 0.717) is 51.0 Å². The second-order valence-corrected chi connectivity index (χ2v) is 8.81. The molecule has 0 fully saturated rings. The molecule has 5 aromatic rings. The molecule has 4 nitrogen and oxygen atoms in total. The van der Waals surface area contributed by atoms with Crippen molar-refractivity contribution in [2.45, 2.75) is 12.7 Å². The van der Waals surface area contributed by atoms with Crippen molar-refractivity contribution in [1.82, 2.24) is 0 Å². The first kappa shape index (κ1) is 21.7. The van der Waals surface area contributed by atoms with Gasteiger partial charge in [0.2, 0.25) is 0 Å². The minimum atomic E-state index is -4.85. The number of furan rings is 2. The summed E-state index contributed by atoms with van der Waals surface area (Å²) in [6.07, 6.45) is -9.70. The summed E-state index contributed by atoms with van der Waals surface area (Å²) in [5.74, 6) is -0.811. The van der Waals surface area contributed by atoms with Gasteiger partial charge in [-0.3, -0.25) is 0 Å². The Hall–Kier alpha value is -2.10. The van der Waals surface area contributed by atoms with Crippen LogP contribution in [0, 0.1) is 7.14 Å². The van der Waals surface area contributed by atoms with Gasteiger partial charge in [-0.1, -0.05) is 0 Å². The number of halogens is 8. The third-order valence-corrected chi connectivity index (χ3v) is 6.68. The number of alkyl halides is 6. The summed E-state index contributed by atoms with van der Waals surface area (Å²) in [7, 11) is 0. The fourth-order valence-electron chi connectivity index (χ4n) is 3.52. The minimum absolute atomic E-state index is 0.323. The summed E-state index contributed by atoms with van der Waals surface area (Å²) in [6.45, 7) is 0. The Kier molecular flexibility index (Phi) is 4.89. The van der Waals surface area contributed by atoms with Gasteiger partial charge in [-0.2, -0.15) is 0 Å². The highest BCUT2D eigenvalue weighted by molar-refractivity contribution is 14.1. The molecule has 0 N–H and O–H groups in total. The molecule has 0 spiro atoms. The number of fused-ring (bicyclic) bond motifs is 6. The van der Waals surface area contributed by atoms with Gasteiger partial charge >= 0.3 is 12.7 Å². The van der Waals surface area contributed by atoms with E-state index in [0.717, 1.165) is 12.1 Å². The van der Waals surface area contributed by atoms with E-state index in [9.17, 15) is 26.3 Å². The lowest BCUT2D eigenvalue weighted by atomic mass is 10.1. The normalized spacial score (nSPS) is 13.0. The fraction of sp³-hybridized carbons (Fsp3) is 0.100. The van der Waals surface area contributed by atoms with E-state index in [4.69, 9.17) is 8.83 Å². The number of hydrogen-bond acceptors (Lipinski definition) is 4. The summed E-state index contributed by atoms with van der Waals surface area (Å²) < 4.78 is 96.7. The van der Waals surface area contributed by atoms with Crippen LogP contribution in [0.4, 0.5) is 26.3 Å². The molecular weight excluding hydrogens is 672 g/mol. The molecule has 2 aromatic heterocycles. The molecule has 2 heterocycles. The zero-order valence-corrected chi connectivity index (χ0v) is 19.4. The molecule has 5 rings (SSSR count). The standard InChI is InChI=1S/C20H6F6I2O4/c21-19(22,23)31-7-1-3-11-9(5-7)13-15(27)18-14(16(28)17(13)29-11)10-6-8(32-20(24,25)26)2-4-12(10)30-18/h1-6H. The Morgan fingerprint density at radius 3 is 1.34 bits per heavy atom. The van der Waals surface area contributed by atoms with Crippen molar-refractivity contribution in [2.24, 2.45) is 0 Å². The number of ether oxygens (including phenoxy) is 2. The topological polar surface area (TPSA) is 44.7 Å². The highest BCUT2D eigenvalue weighted by atomic mass is 127. The molecule has 0 aliphatic rings. The van der Waals surface area contributed by atoms with Crippen molar-refractivity contribution in [3.63, 3.8) is 0 Å². The first-order valence-corrected chi connectivity index (χ1v) is 10.8. The number of benzene rings is 3. The van der Waals surface area contributed by atoms with Crippen LogP contribution in [0.15, 0.2) is 45.2 Å². The van der Waals surface area contributed by atoms with Crippen molar-refractivity contribution >= 4 is 89.1 Å². The molecule has 0 unspecified atom stereocenters. The summed E-state index contributed by atoms with van der Waals surface area (Å²) in [6, 6.07) is 7.43. The van der Waals surface area contributed by atoms with Gasteiger partial charge in [0.25, 0.3) is 0 Å². The van der Waals surface area contributed by atoms with Gasteiger partial charge in [-0.25, -0.2) is 0 Å². The lowest BCUT2D eigenvalue weighted by Crippen LogP contribution is -2.16. The molecule has 0 atom stereocenters. The van der Waals surface area contributed by atoms with Crippen LogP contribution in [0.5, 0.6) is 11.5 Å². The fourth-order valence-corrected chi connectivity index (χ4v) is 5.35. The maximum Gasteiger partial charge on any atom is 0.573 e. The van der Waals surface area contributed by atoms with E-state index >= 15 is 0 Å². The van der Waals surface area contributed by atoms with Crippen LogP contribution >= 0.6 is 45.2 Å². The first-order valence-electron chi connectivity index (χ1n) is 8.62. The molecule has 0 bridgehead atoms. The Morgan fingerprint density at radius 1 is 0.625 bits per heavy atom. The molecule has 0 aliphatic heterocycles. The zero-order valence-electron chi connectivity index (χ0n) is 15.1. The van der Waals surface area contributed by atoms with Crippen LogP contribution in [0.3, 0.4) is 0 Å². The van der Waals surface area contributed by atoms with Crippen molar-refractivity contribution in [2.75, 3.05) is 0 Å². The van der Waals surface area contributed by atoms with Crippen molar-refractivity contribution in [1.29, 1.82) is 0 Å². The maximum absolute atomic E-state index is 12.6. The van der Waals surface area contributed by atoms with Gasteiger partial charge < -0.3 is 18.3 Å². The summed E-state index contributed by atoms with van der Waals surface area (Å²) in [5, 5.41) is 1.78. The Labute approximate surface area is 200 Å². The lowest BCUT2D eigenvalue weighted by Gasteiger charge is -2.08. The second kappa shape index (κ2) is 7.20. The molecule has 0 radical (unpaired) electrons. The van der Waals surface area contributed by atoms with Crippen molar-refractivity contribution in [3.8, 4) is 11.5 Å². The van der Waals surface area contributed by atoms with Gasteiger partial charge in [0, 0.05) is 21.5 Å². The van der Waals surface area contributed by atoms with Crippen LogP contribution in [0.2, 0.25) is 0 Å². The average molecular weight is 678 g/mol. The summed E-state index contributed by atoms with van der Waals surface area (Å²) in [4.78, 5) is 0. The van der Waals surface area contributed by atoms with E-state index in [-0.39, 0.29) is 0 Å². The van der Waals surface area contributed by atoms with E-state index in [1.807, 2.05) is 45.2 Å². The van der Waals surface area contributed by atoms with E-state index in [2.05, 4.69) is 9.47 Å². The van der Waals surface area contributed by atoms with E-state index < -0.39 is 24.2 Å². The van der Waals surface area contributed by atoms with Gasteiger partial charge in [0.1, 0.15) is 22.7 Å². The molecule has 0 amide bonds. The van der Waals surface area contributed by atoms with Gasteiger partial charge in [0.05, 0.1) is 7.14 Å². The highest BCUT2D eigenvalue weighted by Crippen LogP contribution is 2.45. The Balaban J connectivity index is 1.80. The first-order chi connectivity index (χ1) is 14.9. The largest absolute Gasteiger partial charge is 0.573 e. The molecule has 0 saturated heterocycles. The average Bonchev–Trinajstić information content (AvgIpc) is 3.22. The molecule has 3 aromatic carbocycles. The molecule has 166 valence electrons. The SMILES string of the molecule is FC(F)(F)Oc1ccc2oc3c(I)c4c(oc5ccc(OC(F)(F)F)cc54)c(I)c3c2c1. The van der Waals surface area contributed by atoms with Crippen LogP contribution in [-0.2, 0) is 0 Å². The van der Waals surface area contributed by atoms with Gasteiger partial charge in [0.15, 0.2) is 11.2 Å². The van der Waals surface area contributed by atoms with Crippen LogP contribution in [-0.4, -0.2) is 12.7 Å². The number of rotatable bonds is 2. The lowest BCUT2D eigenvalue weighted by molar-refractivity contribution is -0.275. The van der Waals surface area contributed by atoms with Crippen LogP contribution in [0.1, 0.15) is 0 Å². The Morgan fingerprint density at radius 2 is 1.00 bits per heavy atom. The van der Waals surface area contributed by atoms with Gasteiger partial charge in [-0.05, 0) is 81.6 Å². The zero-order chi connectivity index (χ0) is 23.0. The van der Waals surface area contributed by atoms with Crippen molar-refractivity contribution < 1.29 is 44.7 Å². The maximum atomic E-state index is 12.6. The third-order valence-electron chi connectivity index (χ3n) is 4.62. The van der Waals surface area contributed by atoms with Gasteiger partial charge in [-0.15, -0.1) is 26.3 Å². The van der Waals surface area contributed by atoms with E-state index in [1.54, 1.807) is 0 Å². The minimum Gasteiger partial charge on any atom is -0.455 e. The van der Waals surface area contributed by atoms with Crippen LogP contribution in [0.25, 0.3) is 43.9 Å². The smallest absolute Gasteiger partial charge is 0.455 e. The van der Waals surface area contributed by atoms with E-state index in [1.165, 1.54) is 24.3 Å². The summed E-state index contributed by atoms with van der Waals surface area (Å²) >= 11 is 3.94. The Bertz CT molecular complexity index is 1420. The molecule has 32 heavy (non-hydrogen) atoms. The highest BCUT2D eigenvalue weighted by Gasteiger charge is 2.33. The predicted molar refractivity (Wildman–Crippen MR) is 120 cm³/mol. The predicted octanol–water partition coefficient (Wildman–Crippen LogP) is 8.49. The van der Waals surface area contributed by atoms with Crippen LogP contribution < -0.4 is 9.47 Å². The molecule has 12 heteroatoms. The monoisotopic (exact) mass is 678 g/mol. The second-order valence-electron chi connectivity index (χ2n) is 6.65.